The fourth-order valence-corrected chi connectivity index (χ4v) is 3.74. The van der Waals surface area contributed by atoms with Crippen LogP contribution >= 0.6 is 0 Å². The number of fused-ring (bicyclic) bond motifs is 1. The van der Waals surface area contributed by atoms with Crippen LogP contribution in [0.15, 0.2) is 30.7 Å². The van der Waals surface area contributed by atoms with Crippen molar-refractivity contribution in [1.29, 1.82) is 0 Å². The molecule has 1 aliphatic carbocycles. The lowest BCUT2D eigenvalue weighted by molar-refractivity contribution is -0.117. The van der Waals surface area contributed by atoms with Crippen molar-refractivity contribution in [2.75, 3.05) is 38.8 Å². The number of methoxy groups -OCH3 is 1. The number of Topliss-reactive ketones (excluding diaryl/α,β-unsaturated/α-hetero) is 1. The molecule has 3 aromatic heterocycles. The van der Waals surface area contributed by atoms with Crippen molar-refractivity contribution in [2.24, 2.45) is 0 Å². The Morgan fingerprint density at radius 1 is 1.15 bits per heavy atom. The highest BCUT2D eigenvalue weighted by Gasteiger charge is 2.23. The van der Waals surface area contributed by atoms with Crippen LogP contribution in [0.5, 0.6) is 11.5 Å². The van der Waals surface area contributed by atoms with E-state index >= 15 is 0 Å². The predicted molar refractivity (Wildman–Crippen MR) is 120 cm³/mol. The molecule has 172 valence electrons. The highest BCUT2D eigenvalue weighted by Crippen LogP contribution is 2.31. The second kappa shape index (κ2) is 10.3. The Morgan fingerprint density at radius 3 is 2.73 bits per heavy atom. The third kappa shape index (κ3) is 5.40. The molecule has 10 nitrogen and oxygen atoms in total. The maximum absolute atomic E-state index is 12.7. The van der Waals surface area contributed by atoms with E-state index in [1.54, 1.807) is 37.8 Å². The van der Waals surface area contributed by atoms with E-state index in [0.717, 1.165) is 36.3 Å². The number of pyridine rings is 1. The van der Waals surface area contributed by atoms with Crippen molar-refractivity contribution in [3.05, 3.63) is 47.8 Å². The average Bonchev–Trinajstić information content (AvgIpc) is 3.31. The number of hydrogen-bond acceptors (Lipinski definition) is 10. The van der Waals surface area contributed by atoms with Gasteiger partial charge in [-0.3, -0.25) is 9.78 Å². The van der Waals surface area contributed by atoms with Crippen LogP contribution in [0.4, 0.5) is 5.82 Å². The molecule has 0 atom stereocenters. The molecule has 0 unspecified atom stereocenters. The first-order chi connectivity index (χ1) is 16.1. The molecule has 10 heteroatoms. The van der Waals surface area contributed by atoms with Crippen LogP contribution in [0.25, 0.3) is 11.5 Å². The number of aliphatic hydroxyl groups is 1. The van der Waals surface area contributed by atoms with Crippen LogP contribution < -0.4 is 14.4 Å². The normalized spacial score (nSPS) is 12.3. The van der Waals surface area contributed by atoms with Gasteiger partial charge in [0.15, 0.2) is 17.4 Å². The highest BCUT2D eigenvalue weighted by atomic mass is 16.5. The summed E-state index contributed by atoms with van der Waals surface area (Å²) in [5, 5.41) is 8.99. The third-order valence-electron chi connectivity index (χ3n) is 5.28. The number of anilines is 1. The molecule has 1 N–H and O–H groups in total. The zero-order valence-electron chi connectivity index (χ0n) is 18.7. The SMILES string of the molecule is COc1cnc(CC(=O)CN(C)c2nc(-c3cc(OCCO)ccn3)nc3c2CCC3)nc1. The molecule has 0 spiro atoms. The van der Waals surface area contributed by atoms with Gasteiger partial charge in [0, 0.05) is 30.6 Å². The van der Waals surface area contributed by atoms with Crippen LogP contribution in [0, 0.1) is 0 Å². The number of likely N-dealkylation sites (N-methyl/N-ethyl adjacent to an activating group) is 1. The van der Waals surface area contributed by atoms with Crippen molar-refractivity contribution in [3.63, 3.8) is 0 Å². The molecule has 1 aliphatic rings. The molecule has 0 aliphatic heterocycles. The second-order valence-corrected chi connectivity index (χ2v) is 7.71. The number of nitrogens with zero attached hydrogens (tertiary/aromatic N) is 6. The number of aromatic nitrogens is 5. The Morgan fingerprint density at radius 2 is 1.97 bits per heavy atom. The fraction of sp³-hybridized carbons (Fsp3) is 0.391. The quantitative estimate of drug-likeness (QED) is 0.485. The Balaban J connectivity index is 1.54. The van der Waals surface area contributed by atoms with E-state index in [4.69, 9.17) is 24.5 Å². The number of carbonyl (C=O) groups excluding carboxylic acids is 1. The molecule has 0 fully saturated rings. The van der Waals surface area contributed by atoms with Gasteiger partial charge < -0.3 is 19.5 Å². The van der Waals surface area contributed by atoms with Crippen LogP contribution in [0.3, 0.4) is 0 Å². The van der Waals surface area contributed by atoms with Crippen molar-refractivity contribution in [2.45, 2.75) is 25.7 Å². The molecule has 4 rings (SSSR count). The molecule has 33 heavy (non-hydrogen) atoms. The lowest BCUT2D eigenvalue weighted by Crippen LogP contribution is -2.29. The first-order valence-electron chi connectivity index (χ1n) is 10.7. The smallest absolute Gasteiger partial charge is 0.180 e. The first-order valence-corrected chi connectivity index (χ1v) is 10.7. The summed E-state index contributed by atoms with van der Waals surface area (Å²) < 4.78 is 10.5. The zero-order valence-corrected chi connectivity index (χ0v) is 18.7. The Hall–Kier alpha value is -3.66. The lowest BCUT2D eigenvalue weighted by Gasteiger charge is -2.21. The highest BCUT2D eigenvalue weighted by molar-refractivity contribution is 5.85. The Labute approximate surface area is 191 Å². The van der Waals surface area contributed by atoms with Crippen LogP contribution in [0.1, 0.15) is 23.5 Å². The molecule has 0 amide bonds. The number of aryl methyl sites for hydroxylation is 1. The molecule has 0 saturated heterocycles. The van der Waals surface area contributed by atoms with Gasteiger partial charge in [0.1, 0.15) is 29.7 Å². The van der Waals surface area contributed by atoms with E-state index in [-0.39, 0.29) is 32.0 Å². The van der Waals surface area contributed by atoms with Crippen molar-refractivity contribution >= 4 is 11.6 Å². The summed E-state index contributed by atoms with van der Waals surface area (Å²) in [5.41, 5.74) is 2.63. The van der Waals surface area contributed by atoms with Gasteiger partial charge in [-0.1, -0.05) is 0 Å². The monoisotopic (exact) mass is 450 g/mol. The standard InChI is InChI=1S/C23H26N6O4/c1-29(14-15(31)10-21-25-12-17(32-2)13-26-21)23-18-4-3-5-19(18)27-22(28-23)20-11-16(6-7-24-20)33-9-8-30/h6-7,11-13,30H,3-5,8-10,14H2,1-2H3. The zero-order chi connectivity index (χ0) is 23.2. The lowest BCUT2D eigenvalue weighted by atomic mass is 10.2. The molecule has 3 aromatic rings. The number of carbonyl (C=O) groups is 1. The van der Waals surface area contributed by atoms with Crippen molar-refractivity contribution in [3.8, 4) is 23.0 Å². The molecular weight excluding hydrogens is 424 g/mol. The van der Waals surface area contributed by atoms with Crippen molar-refractivity contribution < 1.29 is 19.4 Å². The molecule has 0 bridgehead atoms. The van der Waals surface area contributed by atoms with Crippen molar-refractivity contribution in [1.82, 2.24) is 24.9 Å². The largest absolute Gasteiger partial charge is 0.494 e. The van der Waals surface area contributed by atoms with E-state index < -0.39 is 0 Å². The summed E-state index contributed by atoms with van der Waals surface area (Å²) >= 11 is 0. The minimum Gasteiger partial charge on any atom is -0.494 e. The molecule has 0 saturated carbocycles. The summed E-state index contributed by atoms with van der Waals surface area (Å²) in [6.45, 7) is 0.297. The second-order valence-electron chi connectivity index (χ2n) is 7.71. The van der Waals surface area contributed by atoms with Gasteiger partial charge in [0.25, 0.3) is 0 Å². The summed E-state index contributed by atoms with van der Waals surface area (Å²) in [6, 6.07) is 3.47. The third-order valence-corrected chi connectivity index (χ3v) is 5.28. The summed E-state index contributed by atoms with van der Waals surface area (Å²) in [4.78, 5) is 36.8. The summed E-state index contributed by atoms with van der Waals surface area (Å²) in [5.74, 6) is 2.78. The minimum absolute atomic E-state index is 0.0212. The summed E-state index contributed by atoms with van der Waals surface area (Å²) in [7, 11) is 3.40. The van der Waals surface area contributed by atoms with Crippen LogP contribution in [-0.2, 0) is 24.1 Å². The molecule has 3 heterocycles. The van der Waals surface area contributed by atoms with Gasteiger partial charge in [-0.05, 0) is 25.3 Å². The van der Waals surface area contributed by atoms with Gasteiger partial charge >= 0.3 is 0 Å². The van der Waals surface area contributed by atoms with E-state index in [1.807, 2.05) is 11.9 Å². The Bertz CT molecular complexity index is 1120. The Kier molecular flexibility index (Phi) is 7.04. The summed E-state index contributed by atoms with van der Waals surface area (Å²) in [6.07, 6.45) is 7.58. The van der Waals surface area contributed by atoms with E-state index in [2.05, 4.69) is 15.0 Å². The first kappa shape index (κ1) is 22.5. The van der Waals surface area contributed by atoms with Gasteiger partial charge in [0.2, 0.25) is 0 Å². The number of ether oxygens (including phenoxy) is 2. The topological polar surface area (TPSA) is 123 Å². The maximum Gasteiger partial charge on any atom is 0.180 e. The number of ketones is 1. The van der Waals surface area contributed by atoms with Gasteiger partial charge in [0.05, 0.1) is 39.1 Å². The van der Waals surface area contributed by atoms with Gasteiger partial charge in [-0.25, -0.2) is 19.9 Å². The minimum atomic E-state index is -0.0719. The predicted octanol–water partition coefficient (Wildman–Crippen LogP) is 1.44. The van der Waals surface area contributed by atoms with E-state index in [1.165, 1.54) is 0 Å². The number of rotatable bonds is 10. The fourth-order valence-electron chi connectivity index (χ4n) is 3.74. The van der Waals surface area contributed by atoms with Crippen LogP contribution in [0.2, 0.25) is 0 Å². The molecule has 0 aromatic carbocycles. The number of hydrogen-bond donors (Lipinski definition) is 1. The number of aliphatic hydroxyl groups excluding tert-OH is 1. The maximum atomic E-state index is 12.7. The van der Waals surface area contributed by atoms with Crippen LogP contribution in [-0.4, -0.2) is 69.7 Å². The van der Waals surface area contributed by atoms with E-state index in [0.29, 0.717) is 28.8 Å². The molecular formula is C23H26N6O4. The molecule has 0 radical (unpaired) electrons. The van der Waals surface area contributed by atoms with Gasteiger partial charge in [-0.2, -0.15) is 0 Å². The average molecular weight is 450 g/mol. The van der Waals surface area contributed by atoms with E-state index in [9.17, 15) is 4.79 Å². The van der Waals surface area contributed by atoms with Gasteiger partial charge in [-0.15, -0.1) is 0 Å².